The summed E-state index contributed by atoms with van der Waals surface area (Å²) in [6, 6.07) is 10.1. The normalized spacial score (nSPS) is 10.5. The van der Waals surface area contributed by atoms with Gasteiger partial charge in [0.15, 0.2) is 0 Å². The lowest BCUT2D eigenvalue weighted by Gasteiger charge is -2.19. The van der Waals surface area contributed by atoms with Crippen molar-refractivity contribution in [1.29, 1.82) is 0 Å². The average Bonchev–Trinajstić information content (AvgIpc) is 2.54. The van der Waals surface area contributed by atoms with Crippen molar-refractivity contribution in [3.63, 3.8) is 0 Å². The minimum Gasteiger partial charge on any atom is -0.496 e. The van der Waals surface area contributed by atoms with Crippen molar-refractivity contribution in [2.45, 2.75) is 19.4 Å². The van der Waals surface area contributed by atoms with Gasteiger partial charge in [-0.05, 0) is 42.3 Å². The highest BCUT2D eigenvalue weighted by molar-refractivity contribution is 9.10. The molecule has 0 unspecified atom stereocenters. The van der Waals surface area contributed by atoms with Crippen LogP contribution in [-0.2, 0) is 17.8 Å². The zero-order valence-corrected chi connectivity index (χ0v) is 15.8. The second kappa shape index (κ2) is 8.49. The van der Waals surface area contributed by atoms with Gasteiger partial charge in [0.2, 0.25) is 5.91 Å². The maximum Gasteiger partial charge on any atom is 0.222 e. The largest absolute Gasteiger partial charge is 0.496 e. The Morgan fingerprint density at radius 3 is 2.67 bits per heavy atom. The molecule has 2 rings (SSSR count). The van der Waals surface area contributed by atoms with E-state index in [0.717, 1.165) is 5.56 Å². The summed E-state index contributed by atoms with van der Waals surface area (Å²) in [6.45, 7) is 0.380. The first-order chi connectivity index (χ1) is 11.4. The van der Waals surface area contributed by atoms with Crippen molar-refractivity contribution in [2.24, 2.45) is 0 Å². The number of hydrogen-bond acceptors (Lipinski definition) is 2. The molecule has 0 bridgehead atoms. The first-order valence-corrected chi connectivity index (χ1v) is 8.58. The lowest BCUT2D eigenvalue weighted by atomic mass is 10.1. The van der Waals surface area contributed by atoms with Crippen molar-refractivity contribution < 1.29 is 13.9 Å². The van der Waals surface area contributed by atoms with Gasteiger partial charge in [-0.15, -0.1) is 0 Å². The summed E-state index contributed by atoms with van der Waals surface area (Å²) < 4.78 is 19.8. The van der Waals surface area contributed by atoms with E-state index >= 15 is 0 Å². The topological polar surface area (TPSA) is 29.5 Å². The standard InChI is InChI=1S/C18H18BrClFNO2/c1-22(11-13-9-15(20)6-7-17(13)24-2)18(23)8-4-12-3-5-14(19)10-16(12)21/h3,5-7,9-10H,4,8,11H2,1-2H3. The Labute approximate surface area is 154 Å². The molecule has 0 saturated carbocycles. The molecular weight excluding hydrogens is 397 g/mol. The van der Waals surface area contributed by atoms with E-state index in [9.17, 15) is 9.18 Å². The molecule has 0 aliphatic carbocycles. The molecule has 6 heteroatoms. The summed E-state index contributed by atoms with van der Waals surface area (Å²) in [5, 5.41) is 0.587. The van der Waals surface area contributed by atoms with Crippen LogP contribution in [0, 0.1) is 5.82 Å². The van der Waals surface area contributed by atoms with Crippen LogP contribution in [0.15, 0.2) is 40.9 Å². The minimum atomic E-state index is -0.309. The van der Waals surface area contributed by atoms with Crippen LogP contribution in [0.3, 0.4) is 0 Å². The van der Waals surface area contributed by atoms with Crippen molar-refractivity contribution in [2.75, 3.05) is 14.2 Å². The van der Waals surface area contributed by atoms with E-state index in [1.54, 1.807) is 49.4 Å². The van der Waals surface area contributed by atoms with Gasteiger partial charge in [-0.2, -0.15) is 0 Å². The summed E-state index contributed by atoms with van der Waals surface area (Å²) in [4.78, 5) is 13.9. The van der Waals surface area contributed by atoms with Gasteiger partial charge in [-0.1, -0.05) is 33.6 Å². The quantitative estimate of drug-likeness (QED) is 0.677. The van der Waals surface area contributed by atoms with E-state index in [2.05, 4.69) is 15.9 Å². The number of carbonyl (C=O) groups is 1. The Bertz CT molecular complexity index is 739. The molecule has 0 heterocycles. The monoisotopic (exact) mass is 413 g/mol. The fourth-order valence-corrected chi connectivity index (χ4v) is 2.90. The van der Waals surface area contributed by atoms with Crippen LogP contribution in [0.5, 0.6) is 5.75 Å². The summed E-state index contributed by atoms with van der Waals surface area (Å²) >= 11 is 9.22. The van der Waals surface area contributed by atoms with Crippen molar-refractivity contribution >= 4 is 33.4 Å². The van der Waals surface area contributed by atoms with Crippen LogP contribution in [0.2, 0.25) is 5.02 Å². The zero-order valence-electron chi connectivity index (χ0n) is 13.5. The summed E-state index contributed by atoms with van der Waals surface area (Å²) in [5.74, 6) is 0.300. The lowest BCUT2D eigenvalue weighted by molar-refractivity contribution is -0.130. The van der Waals surface area contributed by atoms with Crippen LogP contribution in [0.1, 0.15) is 17.5 Å². The van der Waals surface area contributed by atoms with Gasteiger partial charge in [-0.3, -0.25) is 4.79 Å². The Kier molecular flexibility index (Phi) is 6.63. The molecular formula is C18H18BrClFNO2. The predicted molar refractivity (Wildman–Crippen MR) is 96.9 cm³/mol. The molecule has 1 amide bonds. The molecule has 0 saturated heterocycles. The van der Waals surface area contributed by atoms with Gasteiger partial charge >= 0.3 is 0 Å². The molecule has 0 aromatic heterocycles. The van der Waals surface area contributed by atoms with Crippen molar-refractivity contribution in [3.8, 4) is 5.75 Å². The maximum absolute atomic E-state index is 13.8. The first kappa shape index (κ1) is 18.7. The summed E-state index contributed by atoms with van der Waals surface area (Å²) in [7, 11) is 3.28. The molecule has 0 atom stereocenters. The van der Waals surface area contributed by atoms with Crippen LogP contribution in [0.25, 0.3) is 0 Å². The zero-order chi connectivity index (χ0) is 17.7. The summed E-state index contributed by atoms with van der Waals surface area (Å²) in [6.07, 6.45) is 0.590. The number of amides is 1. The third-order valence-electron chi connectivity index (χ3n) is 3.70. The minimum absolute atomic E-state index is 0.0700. The number of nitrogens with zero attached hydrogens (tertiary/aromatic N) is 1. The van der Waals surface area contributed by atoms with Crippen LogP contribution in [-0.4, -0.2) is 25.0 Å². The molecule has 3 nitrogen and oxygen atoms in total. The van der Waals surface area contributed by atoms with Gasteiger partial charge in [-0.25, -0.2) is 4.39 Å². The maximum atomic E-state index is 13.8. The van der Waals surface area contributed by atoms with E-state index in [-0.39, 0.29) is 18.1 Å². The Morgan fingerprint density at radius 1 is 1.25 bits per heavy atom. The second-order valence-electron chi connectivity index (χ2n) is 5.44. The SMILES string of the molecule is COc1ccc(Cl)cc1CN(C)C(=O)CCc1ccc(Br)cc1F. The Morgan fingerprint density at radius 2 is 2.00 bits per heavy atom. The number of aryl methyl sites for hydroxylation is 1. The number of methoxy groups -OCH3 is 1. The van der Waals surface area contributed by atoms with Gasteiger partial charge in [0.1, 0.15) is 11.6 Å². The molecule has 0 radical (unpaired) electrons. The van der Waals surface area contributed by atoms with Crippen LogP contribution >= 0.6 is 27.5 Å². The number of ether oxygens (including phenoxy) is 1. The number of rotatable bonds is 6. The molecule has 0 aliphatic rings. The number of benzene rings is 2. The van der Waals surface area contributed by atoms with Gasteiger partial charge in [0.05, 0.1) is 7.11 Å². The molecule has 2 aromatic carbocycles. The first-order valence-electron chi connectivity index (χ1n) is 7.41. The van der Waals surface area contributed by atoms with E-state index < -0.39 is 0 Å². The number of hydrogen-bond donors (Lipinski definition) is 0. The third kappa shape index (κ3) is 4.95. The molecule has 0 spiro atoms. The smallest absolute Gasteiger partial charge is 0.222 e. The predicted octanol–water partition coefficient (Wildman–Crippen LogP) is 4.84. The van der Waals surface area contributed by atoms with Crippen molar-refractivity contribution in [3.05, 3.63) is 62.8 Å². The third-order valence-corrected chi connectivity index (χ3v) is 4.43. The molecule has 24 heavy (non-hydrogen) atoms. The molecule has 0 fully saturated rings. The highest BCUT2D eigenvalue weighted by Gasteiger charge is 2.14. The molecule has 128 valence electrons. The van der Waals surface area contributed by atoms with Crippen LogP contribution in [0.4, 0.5) is 4.39 Å². The second-order valence-corrected chi connectivity index (χ2v) is 6.79. The fourth-order valence-electron chi connectivity index (χ4n) is 2.37. The Hall–Kier alpha value is -1.59. The van der Waals surface area contributed by atoms with E-state index in [0.29, 0.717) is 33.8 Å². The van der Waals surface area contributed by atoms with Gasteiger partial charge in [0.25, 0.3) is 0 Å². The average molecular weight is 415 g/mol. The van der Waals surface area contributed by atoms with Gasteiger partial charge in [0, 0.05) is 35.1 Å². The molecule has 0 N–H and O–H groups in total. The molecule has 2 aromatic rings. The highest BCUT2D eigenvalue weighted by atomic mass is 79.9. The number of halogens is 3. The fraction of sp³-hybridized carbons (Fsp3) is 0.278. The van der Waals surface area contributed by atoms with E-state index in [4.69, 9.17) is 16.3 Å². The lowest BCUT2D eigenvalue weighted by Crippen LogP contribution is -2.26. The van der Waals surface area contributed by atoms with E-state index in [1.165, 1.54) is 6.07 Å². The van der Waals surface area contributed by atoms with E-state index in [1.807, 2.05) is 0 Å². The van der Waals surface area contributed by atoms with Crippen molar-refractivity contribution in [1.82, 2.24) is 4.90 Å². The highest BCUT2D eigenvalue weighted by Crippen LogP contribution is 2.24. The van der Waals surface area contributed by atoms with Gasteiger partial charge < -0.3 is 9.64 Å². The number of carbonyl (C=O) groups excluding carboxylic acids is 1. The summed E-state index contributed by atoms with van der Waals surface area (Å²) in [5.41, 5.74) is 1.36. The molecule has 0 aliphatic heterocycles. The van der Waals surface area contributed by atoms with Crippen LogP contribution < -0.4 is 4.74 Å². The Balaban J connectivity index is 1.98.